The molecule has 1 aromatic carbocycles. The number of fused-ring (bicyclic) bond motifs is 2. The van der Waals surface area contributed by atoms with Crippen LogP contribution in [0.4, 0.5) is 25.1 Å². The maximum absolute atomic E-state index is 14.6. The largest absolute Gasteiger partial charge is 0.380 e. The lowest BCUT2D eigenvalue weighted by Gasteiger charge is -2.34. The van der Waals surface area contributed by atoms with Crippen LogP contribution in [0, 0.1) is 0 Å². The summed E-state index contributed by atoms with van der Waals surface area (Å²) in [4.78, 5) is 42.1. The van der Waals surface area contributed by atoms with Gasteiger partial charge in [0.2, 0.25) is 11.8 Å². The predicted molar refractivity (Wildman–Crippen MR) is 174 cm³/mol. The van der Waals surface area contributed by atoms with E-state index in [0.717, 1.165) is 29.7 Å². The molecule has 0 spiro atoms. The smallest absolute Gasteiger partial charge is 0.317 e. The molecule has 0 atom stereocenters. The van der Waals surface area contributed by atoms with Gasteiger partial charge in [0, 0.05) is 87.4 Å². The second-order valence-corrected chi connectivity index (χ2v) is 12.6. The number of hydrogen-bond donors (Lipinski definition) is 2. The summed E-state index contributed by atoms with van der Waals surface area (Å²) < 4.78 is 38.2. The van der Waals surface area contributed by atoms with Gasteiger partial charge >= 0.3 is 6.03 Å². The van der Waals surface area contributed by atoms with Gasteiger partial charge in [-0.25, -0.2) is 13.6 Å². The number of ether oxygens (including phenoxy) is 1. The molecule has 3 N–H and O–H groups in total. The molecule has 48 heavy (non-hydrogen) atoms. The van der Waals surface area contributed by atoms with E-state index in [-0.39, 0.29) is 49.6 Å². The number of piperidine rings is 1. The van der Waals surface area contributed by atoms with Crippen LogP contribution >= 0.6 is 0 Å². The number of halogens is 2. The Balaban J connectivity index is 1.27. The molecule has 5 heterocycles. The zero-order valence-corrected chi connectivity index (χ0v) is 27.5. The number of nitrogens with zero attached hydrogens (tertiary/aromatic N) is 7. The van der Waals surface area contributed by atoms with Crippen LogP contribution in [0.25, 0.3) is 11.1 Å². The predicted octanol–water partition coefficient (Wildman–Crippen LogP) is 3.45. The lowest BCUT2D eigenvalue weighted by Crippen LogP contribution is -2.42. The number of anilines is 2. The molecular formula is C33H43F2N9O4. The van der Waals surface area contributed by atoms with Crippen LogP contribution in [-0.2, 0) is 40.8 Å². The number of aromatic nitrogens is 4. The quantitative estimate of drug-likeness (QED) is 0.315. The first-order valence-electron chi connectivity index (χ1n) is 16.6. The molecule has 0 unspecified atom stereocenters. The molecule has 2 aromatic heterocycles. The first-order valence-corrected chi connectivity index (χ1v) is 16.6. The number of aryl methyl sites for hydroxylation is 2. The van der Waals surface area contributed by atoms with Crippen molar-refractivity contribution >= 4 is 29.4 Å². The number of alkyl halides is 2. The highest BCUT2D eigenvalue weighted by molar-refractivity contribution is 5.78. The Morgan fingerprint density at radius 2 is 1.83 bits per heavy atom. The molecule has 3 aliphatic rings. The SMILES string of the molecule is CNC(=O)N1CCc2c(c(N3CCCc4cc(-c5cnn(C)c5)c(C(F)F)cc43)nn2C2CCN(C(=O)CCOCCC(N)=O)CC2)C1. The molecule has 1 fully saturated rings. The first-order chi connectivity index (χ1) is 23.1. The number of primary amides is 1. The summed E-state index contributed by atoms with van der Waals surface area (Å²) in [6.07, 6.45) is 4.64. The van der Waals surface area contributed by atoms with Crippen molar-refractivity contribution in [3.63, 3.8) is 0 Å². The topological polar surface area (TPSA) is 144 Å². The highest BCUT2D eigenvalue weighted by Crippen LogP contribution is 2.43. The fourth-order valence-electron chi connectivity index (χ4n) is 7.09. The number of benzene rings is 1. The maximum atomic E-state index is 14.6. The molecule has 6 rings (SSSR count). The summed E-state index contributed by atoms with van der Waals surface area (Å²) in [5.41, 5.74) is 9.88. The van der Waals surface area contributed by atoms with E-state index < -0.39 is 12.3 Å². The van der Waals surface area contributed by atoms with Crippen molar-refractivity contribution in [2.75, 3.05) is 51.3 Å². The summed E-state index contributed by atoms with van der Waals surface area (Å²) >= 11 is 0. The summed E-state index contributed by atoms with van der Waals surface area (Å²) in [7, 11) is 3.37. The van der Waals surface area contributed by atoms with Crippen LogP contribution in [0.3, 0.4) is 0 Å². The zero-order chi connectivity index (χ0) is 33.9. The molecule has 0 aliphatic carbocycles. The average molecular weight is 668 g/mol. The minimum Gasteiger partial charge on any atom is -0.380 e. The Hall–Kier alpha value is -4.53. The van der Waals surface area contributed by atoms with Gasteiger partial charge < -0.3 is 30.5 Å². The van der Waals surface area contributed by atoms with Gasteiger partial charge in [-0.1, -0.05) is 0 Å². The fraction of sp³-hybridized carbons (Fsp3) is 0.545. The summed E-state index contributed by atoms with van der Waals surface area (Å²) in [6.45, 7) is 3.08. The summed E-state index contributed by atoms with van der Waals surface area (Å²) in [5, 5.41) is 12.1. The highest BCUT2D eigenvalue weighted by Gasteiger charge is 2.35. The van der Waals surface area contributed by atoms with E-state index in [1.165, 1.54) is 0 Å². The Labute approximate surface area is 278 Å². The van der Waals surface area contributed by atoms with Crippen LogP contribution in [0.5, 0.6) is 0 Å². The Morgan fingerprint density at radius 3 is 2.52 bits per heavy atom. The maximum Gasteiger partial charge on any atom is 0.317 e. The number of urea groups is 1. The van der Waals surface area contributed by atoms with Gasteiger partial charge in [-0.2, -0.15) is 10.2 Å². The molecular weight excluding hydrogens is 624 g/mol. The standard InChI is InChI=1S/C33H43F2N9O4/c1-37-33(47)42-13-7-27-26(20-42)32(39-44(27)23-5-11-41(12-6-23)30(46)9-15-48-14-8-29(36)45)43-10-3-4-21-16-24(22-18-38-40(2)19-22)25(31(34)35)17-28(21)43/h16-19,23,31H,3-15,20H2,1-2H3,(H2,36,45)(H,37,47). The minimum absolute atomic E-state index is 0.00217. The van der Waals surface area contributed by atoms with E-state index in [1.54, 1.807) is 42.1 Å². The monoisotopic (exact) mass is 667 g/mol. The number of amides is 4. The van der Waals surface area contributed by atoms with Crippen LogP contribution in [-0.4, -0.2) is 93.6 Å². The van der Waals surface area contributed by atoms with Gasteiger partial charge in [0.05, 0.1) is 38.4 Å². The zero-order valence-electron chi connectivity index (χ0n) is 27.5. The average Bonchev–Trinajstić information content (AvgIpc) is 3.70. The molecule has 1 saturated heterocycles. The molecule has 0 bridgehead atoms. The lowest BCUT2D eigenvalue weighted by molar-refractivity contribution is -0.133. The Morgan fingerprint density at radius 1 is 1.06 bits per heavy atom. The number of nitrogens with one attached hydrogen (secondary N) is 1. The third-order valence-electron chi connectivity index (χ3n) is 9.56. The van der Waals surface area contributed by atoms with Crippen molar-refractivity contribution < 1.29 is 27.9 Å². The van der Waals surface area contributed by atoms with E-state index in [0.29, 0.717) is 74.6 Å². The molecule has 13 nitrogen and oxygen atoms in total. The number of carbonyl (C=O) groups is 3. The van der Waals surface area contributed by atoms with Gasteiger partial charge in [0.15, 0.2) is 5.82 Å². The van der Waals surface area contributed by atoms with E-state index in [4.69, 9.17) is 15.6 Å². The van der Waals surface area contributed by atoms with Crippen molar-refractivity contribution in [3.8, 4) is 11.1 Å². The second-order valence-electron chi connectivity index (χ2n) is 12.6. The number of likely N-dealkylation sites (tertiary alicyclic amines) is 1. The molecule has 15 heteroatoms. The van der Waals surface area contributed by atoms with E-state index in [1.807, 2.05) is 11.0 Å². The Kier molecular flexibility index (Phi) is 9.94. The van der Waals surface area contributed by atoms with Crippen molar-refractivity contribution in [1.82, 2.24) is 34.7 Å². The fourth-order valence-corrected chi connectivity index (χ4v) is 7.09. The number of nitrogens with two attached hydrogens (primary N) is 1. The van der Waals surface area contributed by atoms with E-state index >= 15 is 0 Å². The summed E-state index contributed by atoms with van der Waals surface area (Å²) in [5.74, 6) is 0.258. The molecule has 258 valence electrons. The molecule has 4 amide bonds. The first kappa shape index (κ1) is 33.4. The van der Waals surface area contributed by atoms with Crippen LogP contribution in [0.1, 0.15) is 67.0 Å². The van der Waals surface area contributed by atoms with Crippen molar-refractivity contribution in [1.29, 1.82) is 0 Å². The summed E-state index contributed by atoms with van der Waals surface area (Å²) in [6, 6.07) is 3.35. The van der Waals surface area contributed by atoms with Crippen LogP contribution in [0.2, 0.25) is 0 Å². The normalized spacial score (nSPS) is 16.6. The van der Waals surface area contributed by atoms with Crippen molar-refractivity contribution in [2.45, 2.75) is 64.0 Å². The third kappa shape index (κ3) is 6.86. The lowest BCUT2D eigenvalue weighted by atomic mass is 9.92. The van der Waals surface area contributed by atoms with Crippen LogP contribution < -0.4 is 16.0 Å². The van der Waals surface area contributed by atoms with Gasteiger partial charge in [0.1, 0.15) is 0 Å². The van der Waals surface area contributed by atoms with Gasteiger partial charge in [-0.05, 0) is 48.9 Å². The second kappa shape index (κ2) is 14.3. The van der Waals surface area contributed by atoms with Crippen LogP contribution in [0.15, 0.2) is 24.5 Å². The number of carbonyl (C=O) groups excluding carboxylic acids is 3. The molecule has 3 aliphatic heterocycles. The van der Waals surface area contributed by atoms with Gasteiger partial charge in [-0.15, -0.1) is 0 Å². The van der Waals surface area contributed by atoms with E-state index in [2.05, 4.69) is 20.0 Å². The van der Waals surface area contributed by atoms with Gasteiger partial charge in [-0.3, -0.25) is 19.0 Å². The van der Waals surface area contributed by atoms with E-state index in [9.17, 15) is 23.2 Å². The minimum atomic E-state index is -2.68. The molecule has 0 radical (unpaired) electrons. The Bertz CT molecular complexity index is 1660. The highest BCUT2D eigenvalue weighted by atomic mass is 19.3. The molecule has 0 saturated carbocycles. The molecule has 3 aromatic rings. The third-order valence-corrected chi connectivity index (χ3v) is 9.56. The van der Waals surface area contributed by atoms with Crippen molar-refractivity contribution in [2.24, 2.45) is 12.8 Å². The van der Waals surface area contributed by atoms with Gasteiger partial charge in [0.25, 0.3) is 6.43 Å². The van der Waals surface area contributed by atoms with Crippen molar-refractivity contribution in [3.05, 3.63) is 46.9 Å². The number of rotatable bonds is 10. The number of hydrogen-bond acceptors (Lipinski definition) is 7.